The number of ether oxygens (including phenoxy) is 1. The number of piperazine rings is 1. The molecule has 0 aromatic heterocycles. The number of halogens is 3. The van der Waals surface area contributed by atoms with Gasteiger partial charge in [0, 0.05) is 32.2 Å². The van der Waals surface area contributed by atoms with Gasteiger partial charge in [-0.1, -0.05) is 6.08 Å². The van der Waals surface area contributed by atoms with Gasteiger partial charge in [0.2, 0.25) is 0 Å². The molecule has 0 bridgehead atoms. The lowest BCUT2D eigenvalue weighted by atomic mass is 10.0. The molecule has 0 aliphatic carbocycles. The van der Waals surface area contributed by atoms with E-state index in [4.69, 9.17) is 4.74 Å². The number of benzene rings is 1. The van der Waals surface area contributed by atoms with Crippen LogP contribution >= 0.6 is 40.7 Å². The van der Waals surface area contributed by atoms with Crippen LogP contribution in [0.4, 0.5) is 0 Å². The summed E-state index contributed by atoms with van der Waals surface area (Å²) in [6, 6.07) is 4.19. The van der Waals surface area contributed by atoms with Gasteiger partial charge in [0.15, 0.2) is 11.5 Å². The van der Waals surface area contributed by atoms with E-state index in [0.717, 1.165) is 38.2 Å². The molecular weight excluding hydrogens is 403 g/mol. The smallest absolute Gasteiger partial charge is 0.172 e. The van der Waals surface area contributed by atoms with Crippen molar-refractivity contribution in [2.45, 2.75) is 19.4 Å². The van der Waals surface area contributed by atoms with Gasteiger partial charge < -0.3 is 15.2 Å². The Hall–Kier alpha value is -0.460. The highest BCUT2D eigenvalue weighted by Gasteiger charge is 2.23. The monoisotopic (exact) mass is 426 g/mol. The lowest BCUT2D eigenvalue weighted by molar-refractivity contribution is 0.174. The third-order valence-corrected chi connectivity index (χ3v) is 4.32. The second-order valence-corrected chi connectivity index (χ2v) is 5.96. The second kappa shape index (κ2) is 11.2. The first-order valence-corrected chi connectivity index (χ1v) is 8.17. The van der Waals surface area contributed by atoms with Crippen LogP contribution in [0.15, 0.2) is 29.3 Å². The zero-order valence-corrected chi connectivity index (χ0v) is 16.5. The molecule has 0 spiro atoms. The second-order valence-electron chi connectivity index (χ2n) is 5.11. The topological polar surface area (TPSA) is 44.7 Å². The zero-order chi connectivity index (χ0) is 15.2. The Balaban J connectivity index is 0.00000242. The average Bonchev–Trinajstić information content (AvgIpc) is 2.50. The highest BCUT2D eigenvalue weighted by Crippen LogP contribution is 2.39. The van der Waals surface area contributed by atoms with Gasteiger partial charge in [0.25, 0.3) is 0 Å². The molecule has 1 saturated heterocycles. The van der Waals surface area contributed by atoms with Crippen LogP contribution in [0.25, 0.3) is 0 Å². The van der Waals surface area contributed by atoms with Crippen LogP contribution in [-0.2, 0) is 0 Å². The van der Waals surface area contributed by atoms with Gasteiger partial charge in [-0.25, -0.2) is 0 Å². The highest BCUT2D eigenvalue weighted by atomic mass is 79.9. The fourth-order valence-electron chi connectivity index (χ4n) is 2.70. The number of nitrogens with one attached hydrogen (secondary N) is 1. The van der Waals surface area contributed by atoms with Crippen LogP contribution in [0.3, 0.4) is 0 Å². The minimum Gasteiger partial charge on any atom is -0.503 e. The van der Waals surface area contributed by atoms with Crippen LogP contribution in [0.5, 0.6) is 11.5 Å². The van der Waals surface area contributed by atoms with Crippen molar-refractivity contribution >= 4 is 40.7 Å². The minimum absolute atomic E-state index is 0. The molecule has 132 valence electrons. The number of rotatable bonds is 6. The Kier molecular flexibility index (Phi) is 10.9. The molecule has 1 atom stereocenters. The van der Waals surface area contributed by atoms with Crippen molar-refractivity contribution in [3.8, 4) is 11.5 Å². The van der Waals surface area contributed by atoms with E-state index in [1.165, 1.54) is 0 Å². The Labute approximate surface area is 159 Å². The Morgan fingerprint density at radius 2 is 2.04 bits per heavy atom. The van der Waals surface area contributed by atoms with Crippen molar-refractivity contribution in [3.63, 3.8) is 0 Å². The van der Waals surface area contributed by atoms with Crippen LogP contribution in [0, 0.1) is 0 Å². The molecule has 1 aromatic rings. The molecule has 7 heteroatoms. The first-order valence-electron chi connectivity index (χ1n) is 7.38. The molecule has 4 nitrogen and oxygen atoms in total. The number of hydrogen-bond acceptors (Lipinski definition) is 4. The average molecular weight is 428 g/mol. The third-order valence-electron chi connectivity index (χ3n) is 3.72. The molecule has 1 aliphatic rings. The van der Waals surface area contributed by atoms with E-state index in [1.54, 1.807) is 0 Å². The number of hydrogen-bond donors (Lipinski definition) is 2. The predicted octanol–water partition coefficient (Wildman–Crippen LogP) is 3.92. The van der Waals surface area contributed by atoms with Crippen LogP contribution in [0.2, 0.25) is 0 Å². The van der Waals surface area contributed by atoms with Gasteiger partial charge in [-0.05, 0) is 47.0 Å². The van der Waals surface area contributed by atoms with E-state index >= 15 is 0 Å². The Morgan fingerprint density at radius 3 is 2.61 bits per heavy atom. The largest absolute Gasteiger partial charge is 0.503 e. The first kappa shape index (κ1) is 22.5. The predicted molar refractivity (Wildman–Crippen MR) is 103 cm³/mol. The highest BCUT2D eigenvalue weighted by molar-refractivity contribution is 9.10. The van der Waals surface area contributed by atoms with Crippen molar-refractivity contribution in [1.29, 1.82) is 0 Å². The normalized spacial score (nSPS) is 15.9. The SMILES string of the molecule is C=CC[C@H](c1cc(Br)c(O)c(OCC)c1)N1CCNCC1.Cl.Cl. The van der Waals surface area contributed by atoms with Gasteiger partial charge in [0.1, 0.15) is 0 Å². The quantitative estimate of drug-likeness (QED) is 0.675. The van der Waals surface area contributed by atoms with Gasteiger partial charge in [0.05, 0.1) is 11.1 Å². The Bertz CT molecular complexity index is 497. The van der Waals surface area contributed by atoms with E-state index in [0.29, 0.717) is 16.8 Å². The molecule has 0 radical (unpaired) electrons. The summed E-state index contributed by atoms with van der Waals surface area (Å²) in [5, 5.41) is 13.4. The van der Waals surface area contributed by atoms with E-state index in [1.807, 2.05) is 25.1 Å². The Morgan fingerprint density at radius 1 is 1.39 bits per heavy atom. The molecular formula is C16H25BrCl2N2O2. The minimum atomic E-state index is 0. The lowest BCUT2D eigenvalue weighted by Gasteiger charge is -2.35. The fraction of sp³-hybridized carbons (Fsp3) is 0.500. The summed E-state index contributed by atoms with van der Waals surface area (Å²) >= 11 is 3.42. The molecule has 1 heterocycles. The van der Waals surface area contributed by atoms with Crippen molar-refractivity contribution in [2.24, 2.45) is 0 Å². The van der Waals surface area contributed by atoms with Crippen molar-refractivity contribution in [2.75, 3.05) is 32.8 Å². The molecule has 1 aromatic carbocycles. The molecule has 23 heavy (non-hydrogen) atoms. The van der Waals surface area contributed by atoms with E-state index in [9.17, 15) is 5.11 Å². The number of aromatic hydroxyl groups is 1. The summed E-state index contributed by atoms with van der Waals surface area (Å²) in [6.07, 6.45) is 2.83. The fourth-order valence-corrected chi connectivity index (χ4v) is 3.16. The van der Waals surface area contributed by atoms with Gasteiger partial charge in [-0.3, -0.25) is 4.90 Å². The van der Waals surface area contributed by atoms with Crippen molar-refractivity contribution in [3.05, 3.63) is 34.8 Å². The van der Waals surface area contributed by atoms with Gasteiger partial charge in [-0.15, -0.1) is 31.4 Å². The molecule has 1 fully saturated rings. The van der Waals surface area contributed by atoms with E-state index in [2.05, 4.69) is 32.7 Å². The lowest BCUT2D eigenvalue weighted by Crippen LogP contribution is -2.45. The molecule has 2 N–H and O–H groups in total. The summed E-state index contributed by atoms with van der Waals surface area (Å²) in [7, 11) is 0. The summed E-state index contributed by atoms with van der Waals surface area (Å²) < 4.78 is 6.21. The maximum absolute atomic E-state index is 10.1. The molecule has 0 unspecified atom stereocenters. The maximum atomic E-state index is 10.1. The van der Waals surface area contributed by atoms with Crippen LogP contribution < -0.4 is 10.1 Å². The molecule has 0 amide bonds. The first-order chi connectivity index (χ1) is 10.2. The third kappa shape index (κ3) is 5.84. The van der Waals surface area contributed by atoms with E-state index < -0.39 is 0 Å². The van der Waals surface area contributed by atoms with Crippen LogP contribution in [0.1, 0.15) is 24.9 Å². The molecule has 0 saturated carbocycles. The molecule has 2 rings (SSSR count). The zero-order valence-electron chi connectivity index (χ0n) is 13.3. The summed E-state index contributed by atoms with van der Waals surface area (Å²) in [5.41, 5.74) is 1.14. The van der Waals surface area contributed by atoms with Gasteiger partial charge in [-0.2, -0.15) is 0 Å². The summed E-state index contributed by atoms with van der Waals surface area (Å²) in [6.45, 7) is 10.4. The maximum Gasteiger partial charge on any atom is 0.172 e. The van der Waals surface area contributed by atoms with Crippen molar-refractivity contribution in [1.82, 2.24) is 10.2 Å². The summed E-state index contributed by atoms with van der Waals surface area (Å²) in [5.74, 6) is 0.698. The number of nitrogens with zero attached hydrogens (tertiary/aromatic N) is 1. The standard InChI is InChI=1S/C16H23BrN2O2.2ClH/c1-3-5-14(19-8-6-18-7-9-19)12-10-13(17)16(20)15(11-12)21-4-2;;/h3,10-11,14,18,20H,1,4-9H2,2H3;2*1H/t14-;;/m1../s1. The van der Waals surface area contributed by atoms with Crippen LogP contribution in [-0.4, -0.2) is 42.8 Å². The van der Waals surface area contributed by atoms with Gasteiger partial charge >= 0.3 is 0 Å². The summed E-state index contributed by atoms with van der Waals surface area (Å²) in [4.78, 5) is 2.45. The van der Waals surface area contributed by atoms with Crippen molar-refractivity contribution < 1.29 is 9.84 Å². The number of phenolic OH excluding ortho intramolecular Hbond substituents is 1. The number of phenols is 1. The molecule has 1 aliphatic heterocycles. The van der Waals surface area contributed by atoms with E-state index in [-0.39, 0.29) is 36.6 Å².